The average molecular weight is 99.2 g/mol. The molecular formula is C6H11O. The van der Waals surface area contributed by atoms with Crippen LogP contribution >= 0.6 is 0 Å². The molecule has 1 N–H and O–H groups in total. The van der Waals surface area contributed by atoms with Crippen LogP contribution in [-0.2, 0) is 0 Å². The van der Waals surface area contributed by atoms with E-state index in [2.05, 4.69) is 6.92 Å². The van der Waals surface area contributed by atoms with Crippen molar-refractivity contribution in [3.63, 3.8) is 0 Å². The predicted octanol–water partition coefficient (Wildman–Crippen LogP) is 2.06. The number of hydrogen-bond acceptors (Lipinski definition) is 1. The van der Waals surface area contributed by atoms with Crippen LogP contribution in [0.1, 0.15) is 19.3 Å². The highest BCUT2D eigenvalue weighted by molar-refractivity contribution is 4.70. The fourth-order valence-corrected chi connectivity index (χ4v) is 0.337. The van der Waals surface area contributed by atoms with Gasteiger partial charge in [-0.05, 0) is 12.8 Å². The minimum absolute atomic E-state index is 0.944. The zero-order valence-electron chi connectivity index (χ0n) is 4.43. The molecule has 41 valence electrons. The van der Waals surface area contributed by atoms with Crippen LogP contribution < -0.4 is 0 Å². The Balaban J connectivity index is 2.69. The molecule has 0 unspecified atom stereocenters. The van der Waals surface area contributed by atoms with Crippen LogP contribution in [0, 0.1) is 6.92 Å². The normalized spacial score (nSPS) is 10.4. The zero-order valence-corrected chi connectivity index (χ0v) is 4.43. The van der Waals surface area contributed by atoms with Gasteiger partial charge >= 0.3 is 0 Å². The molecule has 0 atom stereocenters. The third-order valence-electron chi connectivity index (χ3n) is 0.726. The van der Waals surface area contributed by atoms with Gasteiger partial charge in [0.25, 0.3) is 0 Å². The minimum Gasteiger partial charge on any atom is -0.516 e. The Hall–Kier alpha value is -0.460. The second kappa shape index (κ2) is 5.54. The van der Waals surface area contributed by atoms with E-state index in [0.29, 0.717) is 0 Å². The maximum Gasteiger partial charge on any atom is 0.0751 e. The molecule has 0 aliphatic rings. The largest absolute Gasteiger partial charge is 0.516 e. The number of aliphatic hydroxyl groups excluding tert-OH is 1. The molecule has 0 saturated heterocycles. The van der Waals surface area contributed by atoms with Crippen LogP contribution in [0.25, 0.3) is 0 Å². The van der Waals surface area contributed by atoms with Crippen molar-refractivity contribution in [3.05, 3.63) is 19.3 Å². The molecular weight excluding hydrogens is 88.1 g/mol. The first-order chi connectivity index (χ1) is 3.41. The van der Waals surface area contributed by atoms with E-state index in [0.717, 1.165) is 25.5 Å². The highest BCUT2D eigenvalue weighted by Gasteiger charge is 1.74. The molecule has 0 aliphatic heterocycles. The minimum atomic E-state index is 0.944. The lowest BCUT2D eigenvalue weighted by Crippen LogP contribution is -1.64. The quantitative estimate of drug-likeness (QED) is 0.424. The van der Waals surface area contributed by atoms with E-state index in [-0.39, 0.29) is 0 Å². The smallest absolute Gasteiger partial charge is 0.0751 e. The first kappa shape index (κ1) is 6.54. The molecule has 0 saturated carbocycles. The Labute approximate surface area is 44.7 Å². The Kier molecular flexibility index (Phi) is 5.18. The SMILES string of the molecule is [CH2]CCCC=CO. The summed E-state index contributed by atoms with van der Waals surface area (Å²) in [5, 5.41) is 8.09. The van der Waals surface area contributed by atoms with Gasteiger partial charge in [-0.2, -0.15) is 0 Å². The van der Waals surface area contributed by atoms with E-state index in [1.54, 1.807) is 6.08 Å². The first-order valence-corrected chi connectivity index (χ1v) is 2.50. The van der Waals surface area contributed by atoms with Crippen molar-refractivity contribution in [2.24, 2.45) is 0 Å². The van der Waals surface area contributed by atoms with Crippen LogP contribution in [0.3, 0.4) is 0 Å². The maximum atomic E-state index is 8.09. The molecule has 0 aliphatic carbocycles. The molecule has 0 fully saturated rings. The molecule has 1 nitrogen and oxygen atoms in total. The molecule has 0 spiro atoms. The van der Waals surface area contributed by atoms with Crippen molar-refractivity contribution in [3.8, 4) is 0 Å². The lowest BCUT2D eigenvalue weighted by Gasteiger charge is -1.83. The van der Waals surface area contributed by atoms with Crippen molar-refractivity contribution in [1.82, 2.24) is 0 Å². The van der Waals surface area contributed by atoms with E-state index in [9.17, 15) is 0 Å². The maximum absolute atomic E-state index is 8.09. The van der Waals surface area contributed by atoms with E-state index in [4.69, 9.17) is 5.11 Å². The second-order valence-electron chi connectivity index (χ2n) is 1.38. The van der Waals surface area contributed by atoms with Gasteiger partial charge in [-0.15, -0.1) is 0 Å². The fourth-order valence-electron chi connectivity index (χ4n) is 0.337. The van der Waals surface area contributed by atoms with Crippen molar-refractivity contribution >= 4 is 0 Å². The first-order valence-electron chi connectivity index (χ1n) is 2.50. The number of rotatable bonds is 3. The summed E-state index contributed by atoms with van der Waals surface area (Å²) in [6.45, 7) is 3.64. The van der Waals surface area contributed by atoms with Crippen LogP contribution in [0.4, 0.5) is 0 Å². The lowest BCUT2D eigenvalue weighted by molar-refractivity contribution is 0.470. The van der Waals surface area contributed by atoms with Gasteiger partial charge in [-0.25, -0.2) is 0 Å². The van der Waals surface area contributed by atoms with Gasteiger partial charge in [0.15, 0.2) is 0 Å². The second-order valence-corrected chi connectivity index (χ2v) is 1.38. The van der Waals surface area contributed by atoms with Gasteiger partial charge in [0.05, 0.1) is 6.26 Å². The Morgan fingerprint density at radius 3 is 2.71 bits per heavy atom. The number of unbranched alkanes of at least 4 members (excludes halogenated alkanes) is 2. The third-order valence-corrected chi connectivity index (χ3v) is 0.726. The zero-order chi connectivity index (χ0) is 5.54. The molecule has 0 aromatic rings. The summed E-state index contributed by atoms with van der Waals surface area (Å²) in [4.78, 5) is 0. The van der Waals surface area contributed by atoms with Gasteiger partial charge in [-0.1, -0.05) is 19.4 Å². The summed E-state index contributed by atoms with van der Waals surface area (Å²) in [5.74, 6) is 0. The molecule has 1 radical (unpaired) electrons. The Bertz CT molecular complexity index is 48.1. The van der Waals surface area contributed by atoms with Gasteiger partial charge in [0, 0.05) is 0 Å². The molecule has 0 aromatic heterocycles. The summed E-state index contributed by atoms with van der Waals surface area (Å²) in [7, 11) is 0. The molecule has 1 heteroatoms. The third kappa shape index (κ3) is 5.54. The number of hydrogen-bond donors (Lipinski definition) is 1. The summed E-state index contributed by atoms with van der Waals surface area (Å²) in [6, 6.07) is 0. The van der Waals surface area contributed by atoms with Crippen LogP contribution in [-0.4, -0.2) is 5.11 Å². The van der Waals surface area contributed by atoms with Crippen molar-refractivity contribution < 1.29 is 5.11 Å². The molecule has 0 heterocycles. The van der Waals surface area contributed by atoms with Crippen LogP contribution in [0.15, 0.2) is 12.3 Å². The topological polar surface area (TPSA) is 20.2 Å². The molecule has 0 amide bonds. The highest BCUT2D eigenvalue weighted by Crippen LogP contribution is 1.92. The van der Waals surface area contributed by atoms with E-state index in [1.807, 2.05) is 0 Å². The number of aliphatic hydroxyl groups is 1. The summed E-state index contributed by atoms with van der Waals surface area (Å²) in [5.41, 5.74) is 0. The number of allylic oxidation sites excluding steroid dienone is 1. The average Bonchev–Trinajstić information content (AvgIpc) is 1.69. The van der Waals surface area contributed by atoms with Gasteiger partial charge in [-0.3, -0.25) is 0 Å². The molecule has 7 heavy (non-hydrogen) atoms. The van der Waals surface area contributed by atoms with Gasteiger partial charge in [0.2, 0.25) is 0 Å². The highest BCUT2D eigenvalue weighted by atomic mass is 16.2. The predicted molar refractivity (Wildman–Crippen MR) is 31.0 cm³/mol. The van der Waals surface area contributed by atoms with E-state index < -0.39 is 0 Å². The Morgan fingerprint density at radius 1 is 1.57 bits per heavy atom. The monoisotopic (exact) mass is 99.1 g/mol. The van der Waals surface area contributed by atoms with Crippen molar-refractivity contribution in [1.29, 1.82) is 0 Å². The van der Waals surface area contributed by atoms with Crippen LogP contribution in [0.5, 0.6) is 0 Å². The van der Waals surface area contributed by atoms with Crippen LogP contribution in [0.2, 0.25) is 0 Å². The Morgan fingerprint density at radius 2 is 2.29 bits per heavy atom. The van der Waals surface area contributed by atoms with Gasteiger partial charge in [0.1, 0.15) is 0 Å². The van der Waals surface area contributed by atoms with Gasteiger partial charge < -0.3 is 5.11 Å². The van der Waals surface area contributed by atoms with Crippen molar-refractivity contribution in [2.75, 3.05) is 0 Å². The molecule has 0 rings (SSSR count). The van der Waals surface area contributed by atoms with Crippen molar-refractivity contribution in [2.45, 2.75) is 19.3 Å². The standard InChI is InChI=1S/C6H11O/c1-2-3-4-5-6-7/h5-7H,1-4H2. The summed E-state index contributed by atoms with van der Waals surface area (Å²) >= 11 is 0. The fraction of sp³-hybridized carbons (Fsp3) is 0.500. The summed E-state index contributed by atoms with van der Waals surface area (Å²) in [6.07, 6.45) is 5.77. The molecule has 0 bridgehead atoms. The van der Waals surface area contributed by atoms with E-state index in [1.165, 1.54) is 0 Å². The summed E-state index contributed by atoms with van der Waals surface area (Å²) < 4.78 is 0. The lowest BCUT2D eigenvalue weighted by atomic mass is 10.2. The molecule has 0 aromatic carbocycles. The van der Waals surface area contributed by atoms with E-state index >= 15 is 0 Å².